The number of methoxy groups -OCH3 is 2. The van der Waals surface area contributed by atoms with Crippen molar-refractivity contribution >= 4 is 0 Å². The van der Waals surface area contributed by atoms with E-state index in [1.807, 2.05) is 19.1 Å². The van der Waals surface area contributed by atoms with Crippen LogP contribution in [0, 0.1) is 0 Å². The molecule has 0 unspecified atom stereocenters. The van der Waals surface area contributed by atoms with E-state index in [1.165, 1.54) is 14.2 Å². The monoisotopic (exact) mass is 283 g/mol. The smallest absolute Gasteiger partial charge is 0.200 e. The largest absolute Gasteiger partial charge is 0.502 e. The van der Waals surface area contributed by atoms with Gasteiger partial charge < -0.3 is 19.3 Å². The van der Waals surface area contributed by atoms with Gasteiger partial charge in [0.2, 0.25) is 5.75 Å². The Labute approximate surface area is 121 Å². The molecule has 0 saturated carbocycles. The zero-order valence-electron chi connectivity index (χ0n) is 12.8. The van der Waals surface area contributed by atoms with E-state index in [-0.39, 0.29) is 5.75 Å². The lowest BCUT2D eigenvalue weighted by Crippen LogP contribution is -2.27. The van der Waals surface area contributed by atoms with E-state index in [2.05, 4.69) is 11.8 Å². The van der Waals surface area contributed by atoms with Crippen molar-refractivity contribution in [3.63, 3.8) is 0 Å². The summed E-state index contributed by atoms with van der Waals surface area (Å²) in [5.41, 5.74) is 1.04. The highest BCUT2D eigenvalue weighted by Crippen LogP contribution is 2.37. The number of hydrogen-bond donors (Lipinski definition) is 1. The molecule has 0 spiro atoms. The molecule has 0 saturated heterocycles. The summed E-state index contributed by atoms with van der Waals surface area (Å²) in [6, 6.07) is 3.67. The molecule has 0 radical (unpaired) electrons. The fraction of sp³-hybridized carbons (Fsp3) is 0.600. The van der Waals surface area contributed by atoms with Crippen LogP contribution in [-0.4, -0.2) is 50.5 Å². The molecule has 0 aliphatic heterocycles. The minimum atomic E-state index is 0.0381. The number of ether oxygens (including phenoxy) is 3. The van der Waals surface area contributed by atoms with Gasteiger partial charge in [-0.25, -0.2) is 0 Å². The Bertz CT molecular complexity index is 384. The molecule has 5 nitrogen and oxygen atoms in total. The highest BCUT2D eigenvalue weighted by atomic mass is 16.5. The maximum Gasteiger partial charge on any atom is 0.200 e. The molecule has 1 N–H and O–H groups in total. The normalized spacial score (nSPS) is 10.8. The number of benzene rings is 1. The van der Waals surface area contributed by atoms with Crippen molar-refractivity contribution in [2.75, 3.05) is 40.5 Å². The van der Waals surface area contributed by atoms with Crippen LogP contribution < -0.4 is 9.47 Å². The predicted octanol–water partition coefficient (Wildman–Crippen LogP) is 2.27. The van der Waals surface area contributed by atoms with Crippen LogP contribution in [-0.2, 0) is 11.3 Å². The molecular formula is C15H25NO4. The number of aromatic hydroxyl groups is 1. The summed E-state index contributed by atoms with van der Waals surface area (Å²) in [6.45, 7) is 8.12. The number of phenols is 1. The van der Waals surface area contributed by atoms with Gasteiger partial charge in [0.1, 0.15) is 0 Å². The molecule has 0 amide bonds. The number of rotatable bonds is 9. The molecule has 0 aliphatic rings. The quantitative estimate of drug-likeness (QED) is 0.705. The molecule has 1 rings (SSSR count). The Morgan fingerprint density at radius 1 is 1.10 bits per heavy atom. The second kappa shape index (κ2) is 8.66. The van der Waals surface area contributed by atoms with Gasteiger partial charge in [0, 0.05) is 19.7 Å². The first-order valence-corrected chi connectivity index (χ1v) is 6.90. The molecular weight excluding hydrogens is 258 g/mol. The number of phenolic OH excluding ortho intramolecular Hbond substituents is 1. The van der Waals surface area contributed by atoms with E-state index in [9.17, 15) is 5.11 Å². The van der Waals surface area contributed by atoms with Gasteiger partial charge in [-0.05, 0) is 31.2 Å². The lowest BCUT2D eigenvalue weighted by molar-refractivity contribution is 0.113. The van der Waals surface area contributed by atoms with Crippen LogP contribution in [0.2, 0.25) is 0 Å². The first kappa shape index (κ1) is 16.6. The summed E-state index contributed by atoms with van der Waals surface area (Å²) < 4.78 is 15.7. The fourth-order valence-corrected chi connectivity index (χ4v) is 1.98. The highest BCUT2D eigenvalue weighted by Gasteiger charge is 2.13. The van der Waals surface area contributed by atoms with Crippen LogP contribution in [0.15, 0.2) is 12.1 Å². The molecule has 0 heterocycles. The minimum absolute atomic E-state index is 0.0381. The average Bonchev–Trinajstić information content (AvgIpc) is 2.47. The summed E-state index contributed by atoms with van der Waals surface area (Å²) in [7, 11) is 3.07. The maximum atomic E-state index is 9.89. The molecule has 0 aliphatic carbocycles. The summed E-state index contributed by atoms with van der Waals surface area (Å²) in [6.07, 6.45) is 0. The van der Waals surface area contributed by atoms with E-state index in [0.717, 1.165) is 38.4 Å². The molecule has 0 bridgehead atoms. The molecule has 0 aromatic heterocycles. The van der Waals surface area contributed by atoms with E-state index in [0.29, 0.717) is 11.5 Å². The molecule has 20 heavy (non-hydrogen) atoms. The fourth-order valence-electron chi connectivity index (χ4n) is 1.98. The van der Waals surface area contributed by atoms with Gasteiger partial charge in [-0.3, -0.25) is 4.90 Å². The Hall–Kier alpha value is -1.46. The topological polar surface area (TPSA) is 51.2 Å². The van der Waals surface area contributed by atoms with E-state index in [4.69, 9.17) is 14.2 Å². The van der Waals surface area contributed by atoms with E-state index in [1.54, 1.807) is 0 Å². The third-order valence-corrected chi connectivity index (χ3v) is 3.15. The zero-order valence-corrected chi connectivity index (χ0v) is 12.8. The first-order chi connectivity index (χ1) is 9.65. The van der Waals surface area contributed by atoms with Crippen LogP contribution in [0.5, 0.6) is 17.2 Å². The van der Waals surface area contributed by atoms with E-state index >= 15 is 0 Å². The summed E-state index contributed by atoms with van der Waals surface area (Å²) in [4.78, 5) is 2.26. The number of hydrogen-bond acceptors (Lipinski definition) is 5. The molecule has 5 heteroatoms. The van der Waals surface area contributed by atoms with Crippen molar-refractivity contribution in [3.8, 4) is 17.2 Å². The summed E-state index contributed by atoms with van der Waals surface area (Å²) in [5.74, 6) is 0.900. The van der Waals surface area contributed by atoms with Crippen molar-refractivity contribution in [2.24, 2.45) is 0 Å². The lowest BCUT2D eigenvalue weighted by atomic mass is 10.1. The van der Waals surface area contributed by atoms with Gasteiger partial charge in [0.05, 0.1) is 20.8 Å². The number of nitrogens with zero attached hydrogens (tertiary/aromatic N) is 1. The van der Waals surface area contributed by atoms with Crippen molar-refractivity contribution in [1.82, 2.24) is 4.90 Å². The highest BCUT2D eigenvalue weighted by molar-refractivity contribution is 5.52. The first-order valence-electron chi connectivity index (χ1n) is 6.90. The number of likely N-dealkylation sites (N-methyl/N-ethyl adjacent to an activating group) is 1. The molecule has 0 fully saturated rings. The van der Waals surface area contributed by atoms with Gasteiger partial charge in [0.15, 0.2) is 11.5 Å². The van der Waals surface area contributed by atoms with Gasteiger partial charge in [-0.15, -0.1) is 0 Å². The Morgan fingerprint density at radius 2 is 1.70 bits per heavy atom. The van der Waals surface area contributed by atoms with Crippen LogP contribution >= 0.6 is 0 Å². The predicted molar refractivity (Wildman–Crippen MR) is 78.7 cm³/mol. The average molecular weight is 283 g/mol. The third-order valence-electron chi connectivity index (χ3n) is 3.15. The van der Waals surface area contributed by atoms with Crippen LogP contribution in [0.25, 0.3) is 0 Å². The second-order valence-electron chi connectivity index (χ2n) is 4.41. The summed E-state index contributed by atoms with van der Waals surface area (Å²) in [5, 5.41) is 9.89. The molecule has 0 atom stereocenters. The van der Waals surface area contributed by atoms with Crippen molar-refractivity contribution in [3.05, 3.63) is 17.7 Å². The van der Waals surface area contributed by atoms with Crippen LogP contribution in [0.1, 0.15) is 19.4 Å². The van der Waals surface area contributed by atoms with Crippen LogP contribution in [0.3, 0.4) is 0 Å². The second-order valence-corrected chi connectivity index (χ2v) is 4.41. The van der Waals surface area contributed by atoms with Gasteiger partial charge in [-0.2, -0.15) is 0 Å². The Kier molecular flexibility index (Phi) is 7.18. The minimum Gasteiger partial charge on any atom is -0.502 e. The standard InChI is InChI=1S/C15H25NO4/c1-5-16(7-8-20-6-2)11-12-9-13(18-3)15(17)14(10-12)19-4/h9-10,17H,5-8,11H2,1-4H3. The Balaban J connectivity index is 2.79. The van der Waals surface area contributed by atoms with Crippen molar-refractivity contribution in [1.29, 1.82) is 0 Å². The molecule has 114 valence electrons. The van der Waals surface area contributed by atoms with Gasteiger partial charge in [-0.1, -0.05) is 6.92 Å². The van der Waals surface area contributed by atoms with Crippen molar-refractivity contribution < 1.29 is 19.3 Å². The lowest BCUT2D eigenvalue weighted by Gasteiger charge is -2.21. The van der Waals surface area contributed by atoms with Gasteiger partial charge in [0.25, 0.3) is 0 Å². The van der Waals surface area contributed by atoms with Crippen molar-refractivity contribution in [2.45, 2.75) is 20.4 Å². The third kappa shape index (κ3) is 4.58. The van der Waals surface area contributed by atoms with E-state index < -0.39 is 0 Å². The molecule has 1 aromatic carbocycles. The Morgan fingerprint density at radius 3 is 2.15 bits per heavy atom. The maximum absolute atomic E-state index is 9.89. The zero-order chi connectivity index (χ0) is 15.0. The van der Waals surface area contributed by atoms with Gasteiger partial charge >= 0.3 is 0 Å². The van der Waals surface area contributed by atoms with Crippen LogP contribution in [0.4, 0.5) is 0 Å². The molecule has 1 aromatic rings. The summed E-state index contributed by atoms with van der Waals surface area (Å²) >= 11 is 0. The SMILES string of the molecule is CCOCCN(CC)Cc1cc(OC)c(O)c(OC)c1.